The molecule has 2 aromatic rings. The molecule has 5 nitrogen and oxygen atoms in total. The van der Waals surface area contributed by atoms with Crippen LogP contribution in [-0.2, 0) is 17.8 Å². The minimum atomic E-state index is 0.345. The number of aryl methyl sites for hydroxylation is 1. The number of rotatable bonds is 8. The van der Waals surface area contributed by atoms with Crippen LogP contribution in [0.4, 0.5) is 0 Å². The number of ether oxygens (including phenoxy) is 1. The number of nitrogens with zero attached hydrogens (tertiary/aromatic N) is 4. The van der Waals surface area contributed by atoms with E-state index in [0.717, 1.165) is 50.8 Å². The maximum atomic E-state index is 6.07. The fraction of sp³-hybridized carbons (Fsp3) is 0.611. The van der Waals surface area contributed by atoms with Gasteiger partial charge in [-0.1, -0.05) is 30.3 Å². The van der Waals surface area contributed by atoms with E-state index >= 15 is 0 Å². The van der Waals surface area contributed by atoms with Crippen LogP contribution < -0.4 is 0 Å². The van der Waals surface area contributed by atoms with Crippen LogP contribution in [0.3, 0.4) is 0 Å². The molecule has 0 saturated heterocycles. The molecule has 6 heteroatoms. The number of alkyl halides is 1. The van der Waals surface area contributed by atoms with E-state index in [9.17, 15) is 0 Å². The van der Waals surface area contributed by atoms with Gasteiger partial charge in [-0.3, -0.25) is 0 Å². The lowest BCUT2D eigenvalue weighted by atomic mass is 9.93. The van der Waals surface area contributed by atoms with E-state index in [-0.39, 0.29) is 0 Å². The Morgan fingerprint density at radius 1 is 1.08 bits per heavy atom. The van der Waals surface area contributed by atoms with Gasteiger partial charge in [-0.2, -0.15) is 0 Å². The largest absolute Gasteiger partial charge is 0.374 e. The highest BCUT2D eigenvalue weighted by molar-refractivity contribution is 6.17. The molecule has 0 amide bonds. The van der Waals surface area contributed by atoms with Crippen molar-refractivity contribution in [2.45, 2.75) is 63.7 Å². The van der Waals surface area contributed by atoms with E-state index < -0.39 is 0 Å². The van der Waals surface area contributed by atoms with Crippen LogP contribution >= 0.6 is 11.6 Å². The summed E-state index contributed by atoms with van der Waals surface area (Å²) in [5.41, 5.74) is 1.24. The van der Waals surface area contributed by atoms with Gasteiger partial charge in [-0.15, -0.1) is 16.7 Å². The number of hydrogen-bond donors (Lipinski definition) is 0. The van der Waals surface area contributed by atoms with Crippen molar-refractivity contribution in [2.24, 2.45) is 0 Å². The monoisotopic (exact) mass is 348 g/mol. The van der Waals surface area contributed by atoms with Crippen LogP contribution in [0.25, 0.3) is 0 Å². The zero-order valence-electron chi connectivity index (χ0n) is 14.0. The molecule has 0 N–H and O–H groups in total. The first-order valence-electron chi connectivity index (χ1n) is 8.85. The number of benzene rings is 1. The van der Waals surface area contributed by atoms with E-state index in [0.29, 0.717) is 24.6 Å². The molecule has 0 aliphatic heterocycles. The summed E-state index contributed by atoms with van der Waals surface area (Å²) in [4.78, 5) is 0. The quantitative estimate of drug-likeness (QED) is 0.535. The van der Waals surface area contributed by atoms with Gasteiger partial charge in [0.2, 0.25) is 0 Å². The summed E-state index contributed by atoms with van der Waals surface area (Å²) in [7, 11) is 0. The predicted octanol–water partition coefficient (Wildman–Crippen LogP) is 3.94. The lowest BCUT2D eigenvalue weighted by Gasteiger charge is -2.29. The van der Waals surface area contributed by atoms with Gasteiger partial charge in [0.25, 0.3) is 0 Å². The number of tetrazole rings is 1. The van der Waals surface area contributed by atoms with Crippen LogP contribution in [0, 0.1) is 0 Å². The molecule has 1 aliphatic rings. The summed E-state index contributed by atoms with van der Waals surface area (Å²) >= 11 is 5.75. The van der Waals surface area contributed by atoms with Crippen molar-refractivity contribution < 1.29 is 4.74 Å². The Morgan fingerprint density at radius 2 is 1.88 bits per heavy atom. The van der Waals surface area contributed by atoms with Gasteiger partial charge in [0, 0.05) is 12.3 Å². The van der Waals surface area contributed by atoms with Crippen LogP contribution in [0.15, 0.2) is 30.3 Å². The summed E-state index contributed by atoms with van der Waals surface area (Å²) in [5, 5.41) is 12.3. The van der Waals surface area contributed by atoms with Gasteiger partial charge >= 0.3 is 0 Å². The summed E-state index contributed by atoms with van der Waals surface area (Å²) in [6.07, 6.45) is 7.59. The first-order chi connectivity index (χ1) is 11.9. The maximum absolute atomic E-state index is 6.07. The SMILES string of the molecule is ClCCCCc1nnnn1C1CCC(OCc2ccccc2)CC1. The number of unbranched alkanes of at least 4 members (excludes halogenated alkanes) is 1. The molecular formula is C18H25ClN4O. The average molecular weight is 349 g/mol. The highest BCUT2D eigenvalue weighted by Gasteiger charge is 2.25. The fourth-order valence-electron chi connectivity index (χ4n) is 3.28. The molecule has 0 atom stereocenters. The number of halogens is 1. The van der Waals surface area contributed by atoms with Crippen LogP contribution in [0.5, 0.6) is 0 Å². The zero-order valence-corrected chi connectivity index (χ0v) is 14.7. The van der Waals surface area contributed by atoms with Crippen molar-refractivity contribution in [3.05, 3.63) is 41.7 Å². The molecule has 0 spiro atoms. The van der Waals surface area contributed by atoms with Gasteiger partial charge < -0.3 is 4.74 Å². The van der Waals surface area contributed by atoms with Crippen molar-refractivity contribution in [1.29, 1.82) is 0 Å². The molecule has 0 bridgehead atoms. The molecule has 1 aliphatic carbocycles. The van der Waals surface area contributed by atoms with E-state index in [2.05, 4.69) is 39.8 Å². The lowest BCUT2D eigenvalue weighted by molar-refractivity contribution is 0.00702. The molecule has 3 rings (SSSR count). The van der Waals surface area contributed by atoms with Crippen molar-refractivity contribution in [3.63, 3.8) is 0 Å². The Kier molecular flexibility index (Phi) is 6.61. The minimum absolute atomic E-state index is 0.345. The van der Waals surface area contributed by atoms with E-state index in [4.69, 9.17) is 16.3 Å². The lowest BCUT2D eigenvalue weighted by Crippen LogP contribution is -2.25. The van der Waals surface area contributed by atoms with Crippen LogP contribution in [0.1, 0.15) is 56.0 Å². The van der Waals surface area contributed by atoms with E-state index in [1.165, 1.54) is 5.56 Å². The molecule has 24 heavy (non-hydrogen) atoms. The Balaban J connectivity index is 1.46. The third kappa shape index (κ3) is 4.77. The Bertz CT molecular complexity index is 596. The van der Waals surface area contributed by atoms with Crippen molar-refractivity contribution >= 4 is 11.6 Å². The fourth-order valence-corrected chi connectivity index (χ4v) is 3.47. The van der Waals surface area contributed by atoms with Crippen LogP contribution in [-0.4, -0.2) is 32.2 Å². The molecule has 0 radical (unpaired) electrons. The smallest absolute Gasteiger partial charge is 0.151 e. The van der Waals surface area contributed by atoms with E-state index in [1.807, 2.05) is 10.7 Å². The molecule has 1 aromatic carbocycles. The standard InChI is InChI=1S/C18H25ClN4O/c19-13-5-4-8-18-20-21-22-23(18)16-9-11-17(12-10-16)24-14-15-6-2-1-3-7-15/h1-3,6-7,16-17H,4-5,8-14H2. The molecule has 0 unspecified atom stereocenters. The molecule has 130 valence electrons. The van der Waals surface area contributed by atoms with Crippen molar-refractivity contribution in [3.8, 4) is 0 Å². The molecular weight excluding hydrogens is 324 g/mol. The maximum Gasteiger partial charge on any atom is 0.151 e. The van der Waals surface area contributed by atoms with Gasteiger partial charge in [-0.05, 0) is 54.5 Å². The normalized spacial score (nSPS) is 21.0. The third-order valence-corrected chi connectivity index (χ3v) is 4.93. The number of hydrogen-bond acceptors (Lipinski definition) is 4. The minimum Gasteiger partial charge on any atom is -0.374 e. The van der Waals surface area contributed by atoms with Crippen molar-refractivity contribution in [1.82, 2.24) is 20.2 Å². The average Bonchev–Trinajstić information content (AvgIpc) is 3.10. The summed E-state index contributed by atoms with van der Waals surface area (Å²) in [5.74, 6) is 1.69. The Labute approximate surface area is 148 Å². The second-order valence-electron chi connectivity index (χ2n) is 6.41. The first-order valence-corrected chi connectivity index (χ1v) is 9.38. The zero-order chi connectivity index (χ0) is 16.6. The summed E-state index contributed by atoms with van der Waals surface area (Å²) in [6.45, 7) is 0.699. The molecule has 1 heterocycles. The Morgan fingerprint density at radius 3 is 2.62 bits per heavy atom. The second-order valence-corrected chi connectivity index (χ2v) is 6.79. The predicted molar refractivity (Wildman–Crippen MR) is 94.0 cm³/mol. The number of aromatic nitrogens is 4. The van der Waals surface area contributed by atoms with Gasteiger partial charge in [-0.25, -0.2) is 4.68 Å². The second kappa shape index (κ2) is 9.14. The summed E-state index contributed by atoms with van der Waals surface area (Å²) in [6, 6.07) is 10.8. The van der Waals surface area contributed by atoms with Gasteiger partial charge in [0.05, 0.1) is 18.8 Å². The Hall–Kier alpha value is -1.46. The van der Waals surface area contributed by atoms with Crippen molar-refractivity contribution in [2.75, 3.05) is 5.88 Å². The van der Waals surface area contributed by atoms with Crippen LogP contribution in [0.2, 0.25) is 0 Å². The highest BCUT2D eigenvalue weighted by atomic mass is 35.5. The topological polar surface area (TPSA) is 52.8 Å². The summed E-state index contributed by atoms with van der Waals surface area (Å²) < 4.78 is 8.10. The van der Waals surface area contributed by atoms with Gasteiger partial charge in [0.15, 0.2) is 5.82 Å². The first kappa shape index (κ1) is 17.4. The molecule has 1 saturated carbocycles. The van der Waals surface area contributed by atoms with Gasteiger partial charge in [0.1, 0.15) is 0 Å². The molecule has 1 fully saturated rings. The third-order valence-electron chi connectivity index (χ3n) is 4.66. The molecule has 1 aromatic heterocycles. The van der Waals surface area contributed by atoms with E-state index in [1.54, 1.807) is 0 Å². The highest BCUT2D eigenvalue weighted by Crippen LogP contribution is 2.30.